The molecule has 1 aliphatic rings. The second kappa shape index (κ2) is 7.79. The lowest BCUT2D eigenvalue weighted by molar-refractivity contribution is -0.147. The summed E-state index contributed by atoms with van der Waals surface area (Å²) in [4.78, 5) is -1.35. The lowest BCUT2D eigenvalue weighted by Crippen LogP contribution is -2.57. The van der Waals surface area contributed by atoms with Crippen molar-refractivity contribution in [2.24, 2.45) is 0 Å². The minimum absolute atomic E-state index is 0.140. The van der Waals surface area contributed by atoms with Crippen LogP contribution in [0.5, 0.6) is 0 Å². The van der Waals surface area contributed by atoms with E-state index in [9.17, 15) is 8.42 Å². The highest BCUT2D eigenvalue weighted by atomic mass is 32.2. The van der Waals surface area contributed by atoms with Crippen molar-refractivity contribution >= 4 is 36.7 Å². The molecule has 135 valence electrons. The lowest BCUT2D eigenvalue weighted by atomic mass is 10.2. The van der Waals surface area contributed by atoms with Crippen LogP contribution in [0.15, 0.2) is 0 Å². The van der Waals surface area contributed by atoms with Gasteiger partial charge in [0.05, 0.1) is 5.75 Å². The van der Waals surface area contributed by atoms with Gasteiger partial charge in [-0.05, 0) is 58.5 Å². The summed E-state index contributed by atoms with van der Waals surface area (Å²) in [6.07, 6.45) is 0.955. The lowest BCUT2D eigenvalue weighted by Gasteiger charge is -2.41. The Morgan fingerprint density at radius 3 is 1.96 bits per heavy atom. The van der Waals surface area contributed by atoms with Crippen LogP contribution >= 0.6 is 0 Å². The van der Waals surface area contributed by atoms with E-state index in [4.69, 9.17) is 13.6 Å². The summed E-state index contributed by atoms with van der Waals surface area (Å²) < 4.78 is 44.0. The maximum Gasteiger partial charge on any atom is 0.217 e. The third-order valence-electron chi connectivity index (χ3n) is 3.41. The Hall–Kier alpha value is 0.481. The SMILES string of the molecule is C[Si](C)(C)OC(O[Si](C)(C)C)C1(OCCC[Si])CCCS1(=O)=O. The van der Waals surface area contributed by atoms with E-state index in [1.807, 2.05) is 39.3 Å². The van der Waals surface area contributed by atoms with Gasteiger partial charge in [-0.3, -0.25) is 0 Å². The number of rotatable bonds is 9. The van der Waals surface area contributed by atoms with E-state index in [0.717, 1.165) is 12.5 Å². The second-order valence-corrected chi connectivity index (χ2v) is 19.7. The molecule has 0 amide bonds. The largest absolute Gasteiger partial charge is 0.391 e. The summed E-state index contributed by atoms with van der Waals surface area (Å²) in [5.74, 6) is 0.140. The minimum atomic E-state index is -3.42. The van der Waals surface area contributed by atoms with Crippen LogP contribution in [-0.4, -0.2) is 58.9 Å². The van der Waals surface area contributed by atoms with Gasteiger partial charge in [0.1, 0.15) is 0 Å². The molecule has 0 aromatic rings. The van der Waals surface area contributed by atoms with Crippen molar-refractivity contribution in [3.8, 4) is 0 Å². The van der Waals surface area contributed by atoms with Crippen molar-refractivity contribution in [3.05, 3.63) is 0 Å². The van der Waals surface area contributed by atoms with Crippen molar-refractivity contribution in [1.29, 1.82) is 0 Å². The van der Waals surface area contributed by atoms with E-state index in [0.29, 0.717) is 19.4 Å². The quantitative estimate of drug-likeness (QED) is 0.341. The smallest absolute Gasteiger partial charge is 0.217 e. The minimum Gasteiger partial charge on any atom is -0.391 e. The van der Waals surface area contributed by atoms with Crippen molar-refractivity contribution in [1.82, 2.24) is 0 Å². The number of sulfone groups is 1. The monoisotopic (exact) mass is 395 g/mol. The molecule has 1 fully saturated rings. The highest BCUT2D eigenvalue weighted by Crippen LogP contribution is 2.40. The first-order chi connectivity index (χ1) is 10.3. The fourth-order valence-corrected chi connectivity index (χ4v) is 6.64. The molecule has 1 unspecified atom stereocenters. The van der Waals surface area contributed by atoms with Gasteiger partial charge >= 0.3 is 0 Å². The fourth-order valence-electron chi connectivity index (χ4n) is 2.49. The molecule has 0 aliphatic carbocycles. The maximum absolute atomic E-state index is 12.8. The Balaban J connectivity index is 3.21. The Bertz CT molecular complexity index is 468. The van der Waals surface area contributed by atoms with Crippen LogP contribution in [0.2, 0.25) is 45.3 Å². The van der Waals surface area contributed by atoms with Crippen LogP contribution in [0.4, 0.5) is 0 Å². The van der Waals surface area contributed by atoms with Crippen molar-refractivity contribution in [2.75, 3.05) is 12.4 Å². The van der Waals surface area contributed by atoms with Gasteiger partial charge < -0.3 is 13.6 Å². The first kappa shape index (κ1) is 21.5. The van der Waals surface area contributed by atoms with Crippen molar-refractivity contribution < 1.29 is 22.0 Å². The summed E-state index contributed by atoms with van der Waals surface area (Å²) >= 11 is 0. The Kier molecular flexibility index (Phi) is 7.29. The molecular weight excluding hydrogens is 364 g/mol. The van der Waals surface area contributed by atoms with E-state index < -0.39 is 37.7 Å². The van der Waals surface area contributed by atoms with Gasteiger partial charge in [-0.25, -0.2) is 8.42 Å². The molecule has 1 rings (SSSR count). The molecule has 1 heterocycles. The van der Waals surface area contributed by atoms with Crippen molar-refractivity contribution in [2.45, 2.75) is 75.8 Å². The van der Waals surface area contributed by atoms with Gasteiger partial charge in [0.15, 0.2) is 32.8 Å². The zero-order chi connectivity index (χ0) is 17.9. The van der Waals surface area contributed by atoms with E-state index in [1.165, 1.54) is 0 Å². The van der Waals surface area contributed by atoms with Crippen LogP contribution in [0.25, 0.3) is 0 Å². The highest BCUT2D eigenvalue weighted by molar-refractivity contribution is 7.92. The predicted octanol–water partition coefficient (Wildman–Crippen LogP) is 2.91. The van der Waals surface area contributed by atoms with Crippen LogP contribution in [0, 0.1) is 0 Å². The Labute approximate surface area is 147 Å². The van der Waals surface area contributed by atoms with E-state index in [-0.39, 0.29) is 5.75 Å². The summed E-state index contributed by atoms with van der Waals surface area (Å²) in [6.45, 7) is 12.6. The first-order valence-electron chi connectivity index (χ1n) is 8.19. The maximum atomic E-state index is 12.8. The number of hydrogen-bond donors (Lipinski definition) is 0. The number of ether oxygens (including phenoxy) is 1. The first-order valence-corrected chi connectivity index (χ1v) is 17.4. The molecule has 23 heavy (non-hydrogen) atoms. The molecule has 0 aromatic carbocycles. The molecule has 3 radical (unpaired) electrons. The zero-order valence-electron chi connectivity index (χ0n) is 15.3. The molecule has 5 nitrogen and oxygen atoms in total. The van der Waals surface area contributed by atoms with E-state index >= 15 is 0 Å². The summed E-state index contributed by atoms with van der Waals surface area (Å²) in [5, 5.41) is 0. The van der Waals surface area contributed by atoms with Gasteiger partial charge in [-0.1, -0.05) is 6.04 Å². The van der Waals surface area contributed by atoms with Gasteiger partial charge in [-0.2, -0.15) is 0 Å². The molecule has 1 atom stereocenters. The van der Waals surface area contributed by atoms with Crippen molar-refractivity contribution in [3.63, 3.8) is 0 Å². The summed E-state index contributed by atoms with van der Waals surface area (Å²) in [6, 6.07) is 0.768. The van der Waals surface area contributed by atoms with Gasteiger partial charge in [0, 0.05) is 16.8 Å². The zero-order valence-corrected chi connectivity index (χ0v) is 19.1. The second-order valence-electron chi connectivity index (χ2n) is 7.98. The van der Waals surface area contributed by atoms with Crippen LogP contribution in [-0.2, 0) is 23.4 Å². The molecule has 0 spiro atoms. The van der Waals surface area contributed by atoms with E-state index in [2.05, 4.69) is 10.2 Å². The topological polar surface area (TPSA) is 61.8 Å². The molecule has 0 aromatic heterocycles. The molecule has 9 heteroatoms. The number of hydrogen-bond acceptors (Lipinski definition) is 5. The molecule has 0 N–H and O–H groups in total. The molecule has 0 saturated carbocycles. The standard InChI is InChI=1S/C14H31O5SSi3/c1-22(2,3)18-13(19-23(4,5)6)14(17-10-8-12-21)9-7-11-20(14,15)16/h13H,7-12H2,1-6H3. The third-order valence-corrected chi connectivity index (χ3v) is 8.00. The predicted molar refractivity (Wildman–Crippen MR) is 99.5 cm³/mol. The fraction of sp³-hybridized carbons (Fsp3) is 1.00. The van der Waals surface area contributed by atoms with Crippen LogP contribution in [0.1, 0.15) is 19.3 Å². The molecule has 1 saturated heterocycles. The molecule has 1 aliphatic heterocycles. The van der Waals surface area contributed by atoms with Gasteiger partial charge in [-0.15, -0.1) is 0 Å². The van der Waals surface area contributed by atoms with E-state index in [1.54, 1.807) is 0 Å². The van der Waals surface area contributed by atoms with Gasteiger partial charge in [0.25, 0.3) is 0 Å². The summed E-state index contributed by atoms with van der Waals surface area (Å²) in [5.41, 5.74) is 0. The molecular formula is C14H31O5SSi3. The average molecular weight is 396 g/mol. The third kappa shape index (κ3) is 6.05. The Morgan fingerprint density at radius 2 is 1.61 bits per heavy atom. The van der Waals surface area contributed by atoms with Crippen LogP contribution in [0.3, 0.4) is 0 Å². The molecule has 0 bridgehead atoms. The van der Waals surface area contributed by atoms with Crippen LogP contribution < -0.4 is 0 Å². The average Bonchev–Trinajstić information content (AvgIpc) is 2.61. The normalized spacial score (nSPS) is 25.2. The summed E-state index contributed by atoms with van der Waals surface area (Å²) in [7, 11) is -4.01. The Morgan fingerprint density at radius 1 is 1.09 bits per heavy atom. The highest BCUT2D eigenvalue weighted by Gasteiger charge is 2.57. The van der Waals surface area contributed by atoms with Gasteiger partial charge in [0.2, 0.25) is 4.93 Å².